The number of unbranched alkanes of at least 4 members (excludes halogenated alkanes) is 1. The molecule has 0 bridgehead atoms. The average Bonchev–Trinajstić information content (AvgIpc) is 2.76. The van der Waals surface area contributed by atoms with Crippen LogP contribution in [0.5, 0.6) is 0 Å². The molecule has 0 heterocycles. The second-order valence-electron chi connectivity index (χ2n) is 8.02. The van der Waals surface area contributed by atoms with E-state index in [1.807, 2.05) is 6.92 Å². The molecular weight excluding hydrogens is 462 g/mol. The third-order valence-electron chi connectivity index (χ3n) is 5.33. The summed E-state index contributed by atoms with van der Waals surface area (Å²) in [6.45, 7) is 5.70. The largest absolute Gasteiger partial charge is 0.354 e. The van der Waals surface area contributed by atoms with Crippen molar-refractivity contribution >= 4 is 39.1 Å². The van der Waals surface area contributed by atoms with Crippen molar-refractivity contribution in [3.8, 4) is 0 Å². The monoisotopic (exact) mass is 493 g/mol. The molecule has 0 aliphatic rings. The summed E-state index contributed by atoms with van der Waals surface area (Å²) in [4.78, 5) is 27.6. The van der Waals surface area contributed by atoms with E-state index in [2.05, 4.69) is 5.32 Å². The van der Waals surface area contributed by atoms with Crippen LogP contribution in [0, 0.1) is 6.92 Å². The minimum Gasteiger partial charge on any atom is -0.354 e. The number of benzene rings is 2. The Bertz CT molecular complexity index is 1060. The van der Waals surface area contributed by atoms with Crippen LogP contribution in [0.3, 0.4) is 0 Å². The van der Waals surface area contributed by atoms with Crippen molar-refractivity contribution in [2.75, 3.05) is 23.7 Å². The zero-order valence-electron chi connectivity index (χ0n) is 19.5. The van der Waals surface area contributed by atoms with Crippen molar-refractivity contribution in [3.05, 3.63) is 64.7 Å². The van der Waals surface area contributed by atoms with Gasteiger partial charge in [-0.3, -0.25) is 13.9 Å². The molecule has 0 spiro atoms. The van der Waals surface area contributed by atoms with Crippen LogP contribution >= 0.6 is 11.6 Å². The predicted molar refractivity (Wildman–Crippen MR) is 133 cm³/mol. The zero-order valence-corrected chi connectivity index (χ0v) is 21.1. The summed E-state index contributed by atoms with van der Waals surface area (Å²) in [5.41, 5.74) is 1.94. The maximum Gasteiger partial charge on any atom is 0.244 e. The Kier molecular flexibility index (Phi) is 9.73. The summed E-state index contributed by atoms with van der Waals surface area (Å²) in [5, 5.41) is 3.41. The van der Waals surface area contributed by atoms with Gasteiger partial charge in [-0.25, -0.2) is 8.42 Å². The number of hydrogen-bond acceptors (Lipinski definition) is 4. The van der Waals surface area contributed by atoms with Crippen molar-refractivity contribution in [2.45, 2.75) is 46.2 Å². The minimum atomic E-state index is -3.74. The number of nitrogens with one attached hydrogen (secondary N) is 1. The van der Waals surface area contributed by atoms with Crippen LogP contribution < -0.4 is 9.62 Å². The van der Waals surface area contributed by atoms with E-state index in [9.17, 15) is 18.0 Å². The molecule has 0 radical (unpaired) electrons. The standard InChI is InChI=1S/C24H32ClN3O4S/c1-5-6-15-26-24(30)19(3)27(16-20-11-13-21(25)14-12-20)23(29)17-28(33(4,31)32)22-10-8-7-9-18(22)2/h7-14,19H,5-6,15-17H2,1-4H3,(H,26,30). The number of para-hydroxylation sites is 1. The number of hydrogen-bond donors (Lipinski definition) is 1. The second-order valence-corrected chi connectivity index (χ2v) is 10.4. The fraction of sp³-hybridized carbons (Fsp3) is 0.417. The number of halogens is 1. The Morgan fingerprint density at radius 1 is 1.09 bits per heavy atom. The number of anilines is 1. The van der Waals surface area contributed by atoms with E-state index >= 15 is 0 Å². The maximum atomic E-state index is 13.4. The normalized spacial score (nSPS) is 12.2. The third kappa shape index (κ3) is 7.75. The average molecular weight is 494 g/mol. The van der Waals surface area contributed by atoms with Crippen LogP contribution in [0.2, 0.25) is 5.02 Å². The van der Waals surface area contributed by atoms with E-state index in [4.69, 9.17) is 11.6 Å². The molecule has 7 nitrogen and oxygen atoms in total. The second kappa shape index (κ2) is 12.0. The van der Waals surface area contributed by atoms with Crippen LogP contribution in [-0.4, -0.2) is 50.5 Å². The first-order chi connectivity index (χ1) is 15.5. The molecule has 0 fully saturated rings. The summed E-state index contributed by atoms with van der Waals surface area (Å²) in [5.74, 6) is -0.760. The van der Waals surface area contributed by atoms with Crippen LogP contribution in [0.15, 0.2) is 48.5 Å². The topological polar surface area (TPSA) is 86.8 Å². The van der Waals surface area contributed by atoms with Gasteiger partial charge in [-0.05, 0) is 49.6 Å². The van der Waals surface area contributed by atoms with E-state index in [1.54, 1.807) is 62.4 Å². The maximum absolute atomic E-state index is 13.4. The van der Waals surface area contributed by atoms with Gasteiger partial charge in [0.2, 0.25) is 21.8 Å². The van der Waals surface area contributed by atoms with Crippen LogP contribution in [-0.2, 0) is 26.2 Å². The van der Waals surface area contributed by atoms with Gasteiger partial charge in [0.1, 0.15) is 12.6 Å². The van der Waals surface area contributed by atoms with Gasteiger partial charge in [-0.1, -0.05) is 55.3 Å². The van der Waals surface area contributed by atoms with Crippen molar-refractivity contribution in [1.29, 1.82) is 0 Å². The van der Waals surface area contributed by atoms with Gasteiger partial charge in [0.15, 0.2) is 0 Å². The summed E-state index contributed by atoms with van der Waals surface area (Å²) in [6, 6.07) is 13.2. The molecule has 0 saturated heterocycles. The molecule has 1 N–H and O–H groups in total. The highest BCUT2D eigenvalue weighted by molar-refractivity contribution is 7.92. The van der Waals surface area contributed by atoms with Gasteiger partial charge >= 0.3 is 0 Å². The number of aryl methyl sites for hydroxylation is 1. The van der Waals surface area contributed by atoms with Crippen molar-refractivity contribution < 1.29 is 18.0 Å². The number of rotatable bonds is 11. The van der Waals surface area contributed by atoms with E-state index in [1.165, 1.54) is 4.90 Å². The van der Waals surface area contributed by atoms with Crippen molar-refractivity contribution in [1.82, 2.24) is 10.2 Å². The highest BCUT2D eigenvalue weighted by Crippen LogP contribution is 2.23. The number of nitrogens with zero attached hydrogens (tertiary/aromatic N) is 2. The summed E-state index contributed by atoms with van der Waals surface area (Å²) in [7, 11) is -3.74. The predicted octanol–water partition coefficient (Wildman–Crippen LogP) is 3.75. The molecule has 2 aromatic carbocycles. The first kappa shape index (κ1) is 26.7. The Morgan fingerprint density at radius 3 is 2.30 bits per heavy atom. The highest BCUT2D eigenvalue weighted by atomic mass is 35.5. The molecule has 1 unspecified atom stereocenters. The molecule has 9 heteroatoms. The Morgan fingerprint density at radius 2 is 1.73 bits per heavy atom. The third-order valence-corrected chi connectivity index (χ3v) is 6.70. The minimum absolute atomic E-state index is 0.143. The van der Waals surface area contributed by atoms with E-state index in [-0.39, 0.29) is 12.5 Å². The number of carbonyl (C=O) groups excluding carboxylic acids is 2. The molecule has 2 rings (SSSR count). The lowest BCUT2D eigenvalue weighted by atomic mass is 10.1. The van der Waals surface area contributed by atoms with Gasteiger partial charge in [-0.2, -0.15) is 0 Å². The number of carbonyl (C=O) groups is 2. The number of sulfonamides is 1. The first-order valence-corrected chi connectivity index (χ1v) is 13.1. The fourth-order valence-electron chi connectivity index (χ4n) is 3.34. The van der Waals surface area contributed by atoms with Crippen LogP contribution in [0.1, 0.15) is 37.8 Å². The molecule has 0 aliphatic heterocycles. The molecule has 2 aromatic rings. The van der Waals surface area contributed by atoms with Gasteiger partial charge < -0.3 is 10.2 Å². The Hall–Kier alpha value is -2.58. The van der Waals surface area contributed by atoms with E-state index < -0.39 is 28.5 Å². The molecule has 33 heavy (non-hydrogen) atoms. The van der Waals surface area contributed by atoms with Crippen molar-refractivity contribution in [2.24, 2.45) is 0 Å². The molecule has 0 aromatic heterocycles. The van der Waals surface area contributed by atoms with Gasteiger partial charge in [0, 0.05) is 18.1 Å². The summed E-state index contributed by atoms with van der Waals surface area (Å²) < 4.78 is 26.2. The lowest BCUT2D eigenvalue weighted by Crippen LogP contribution is -2.51. The lowest BCUT2D eigenvalue weighted by molar-refractivity contribution is -0.139. The molecular formula is C24H32ClN3O4S. The Labute approximate surface area is 201 Å². The number of amides is 2. The first-order valence-electron chi connectivity index (χ1n) is 10.9. The fourth-order valence-corrected chi connectivity index (χ4v) is 4.38. The highest BCUT2D eigenvalue weighted by Gasteiger charge is 2.30. The van der Waals surface area contributed by atoms with E-state index in [0.717, 1.165) is 34.5 Å². The SMILES string of the molecule is CCCCNC(=O)C(C)N(Cc1ccc(Cl)cc1)C(=O)CN(c1ccccc1C)S(C)(=O)=O. The quantitative estimate of drug-likeness (QED) is 0.483. The lowest BCUT2D eigenvalue weighted by Gasteiger charge is -2.32. The molecule has 180 valence electrons. The van der Waals surface area contributed by atoms with Gasteiger partial charge in [0.05, 0.1) is 11.9 Å². The zero-order chi connectivity index (χ0) is 24.6. The smallest absolute Gasteiger partial charge is 0.244 e. The van der Waals surface area contributed by atoms with Gasteiger partial charge in [0.25, 0.3) is 0 Å². The molecule has 0 aliphatic carbocycles. The van der Waals surface area contributed by atoms with E-state index in [0.29, 0.717) is 17.3 Å². The molecule has 2 amide bonds. The van der Waals surface area contributed by atoms with Crippen molar-refractivity contribution in [3.63, 3.8) is 0 Å². The summed E-state index contributed by atoms with van der Waals surface area (Å²) in [6.07, 6.45) is 2.83. The summed E-state index contributed by atoms with van der Waals surface area (Å²) >= 11 is 5.98. The Balaban J connectivity index is 2.34. The van der Waals surface area contributed by atoms with Crippen LogP contribution in [0.4, 0.5) is 5.69 Å². The molecule has 0 saturated carbocycles. The molecule has 1 atom stereocenters. The van der Waals surface area contributed by atoms with Crippen LogP contribution in [0.25, 0.3) is 0 Å². The van der Waals surface area contributed by atoms with Gasteiger partial charge in [-0.15, -0.1) is 0 Å².